The van der Waals surface area contributed by atoms with Crippen molar-refractivity contribution in [2.75, 3.05) is 11.4 Å². The van der Waals surface area contributed by atoms with Gasteiger partial charge in [-0.05, 0) is 35.9 Å². The van der Waals surface area contributed by atoms with E-state index in [1.807, 2.05) is 18.4 Å². The maximum Gasteiger partial charge on any atom is 0.331 e. The second-order valence-corrected chi connectivity index (χ2v) is 5.54. The Hall–Kier alpha value is -1.95. The van der Waals surface area contributed by atoms with E-state index in [0.717, 1.165) is 22.4 Å². The number of aromatic nitrogens is 2. The van der Waals surface area contributed by atoms with Gasteiger partial charge in [-0.1, -0.05) is 0 Å². The molecular weight excluding hydrogens is 262 g/mol. The second kappa shape index (κ2) is 4.62. The second-order valence-electron chi connectivity index (χ2n) is 4.54. The van der Waals surface area contributed by atoms with Gasteiger partial charge in [0.2, 0.25) is 5.95 Å². The summed E-state index contributed by atoms with van der Waals surface area (Å²) >= 11 is 1.62. The first-order valence-corrected chi connectivity index (χ1v) is 6.89. The van der Waals surface area contributed by atoms with E-state index in [1.165, 1.54) is 0 Å². The highest BCUT2D eigenvalue weighted by Crippen LogP contribution is 2.35. The van der Waals surface area contributed by atoms with Crippen LogP contribution in [0.15, 0.2) is 23.8 Å². The number of anilines is 1. The van der Waals surface area contributed by atoms with Crippen molar-refractivity contribution in [1.82, 2.24) is 9.97 Å². The molecule has 1 atom stereocenters. The SMILES string of the molecule is Cc1cnc(N2CCc3sccc3C2C(=O)O)nc1. The van der Waals surface area contributed by atoms with Crippen molar-refractivity contribution in [3.63, 3.8) is 0 Å². The van der Waals surface area contributed by atoms with Crippen LogP contribution in [0.2, 0.25) is 0 Å². The van der Waals surface area contributed by atoms with Gasteiger partial charge in [-0.15, -0.1) is 11.3 Å². The van der Waals surface area contributed by atoms with Crippen molar-refractivity contribution >= 4 is 23.3 Å². The van der Waals surface area contributed by atoms with Crippen LogP contribution in [0.3, 0.4) is 0 Å². The molecule has 3 rings (SSSR count). The zero-order chi connectivity index (χ0) is 13.4. The van der Waals surface area contributed by atoms with Gasteiger partial charge in [0.25, 0.3) is 0 Å². The standard InChI is InChI=1S/C13H13N3O2S/c1-8-6-14-13(15-7-8)16-4-2-10-9(3-5-19-10)11(16)12(17)18/h3,5-7,11H,2,4H2,1H3,(H,17,18). The van der Waals surface area contributed by atoms with Crippen molar-refractivity contribution in [2.24, 2.45) is 0 Å². The van der Waals surface area contributed by atoms with Crippen LogP contribution in [0.4, 0.5) is 5.95 Å². The number of hydrogen-bond acceptors (Lipinski definition) is 5. The Balaban J connectivity index is 2.02. The summed E-state index contributed by atoms with van der Waals surface area (Å²) in [7, 11) is 0. The number of carboxylic acids is 1. The molecule has 19 heavy (non-hydrogen) atoms. The predicted octanol–water partition coefficient (Wildman–Crippen LogP) is 2.03. The smallest absolute Gasteiger partial charge is 0.331 e. The van der Waals surface area contributed by atoms with Gasteiger partial charge >= 0.3 is 5.97 Å². The van der Waals surface area contributed by atoms with Crippen LogP contribution in [0, 0.1) is 6.92 Å². The Morgan fingerprint density at radius 3 is 2.89 bits per heavy atom. The van der Waals surface area contributed by atoms with E-state index >= 15 is 0 Å². The van der Waals surface area contributed by atoms with Crippen molar-refractivity contribution in [3.05, 3.63) is 39.8 Å². The average Bonchev–Trinajstić information content (AvgIpc) is 2.86. The molecule has 0 fully saturated rings. The highest BCUT2D eigenvalue weighted by molar-refractivity contribution is 7.10. The zero-order valence-electron chi connectivity index (χ0n) is 10.4. The molecule has 0 aliphatic carbocycles. The number of rotatable bonds is 2. The molecule has 0 radical (unpaired) electrons. The van der Waals surface area contributed by atoms with Gasteiger partial charge in [0.15, 0.2) is 6.04 Å². The van der Waals surface area contributed by atoms with Gasteiger partial charge in [-0.25, -0.2) is 14.8 Å². The molecule has 6 heteroatoms. The van der Waals surface area contributed by atoms with Gasteiger partial charge in [-0.2, -0.15) is 0 Å². The number of carbonyl (C=O) groups is 1. The van der Waals surface area contributed by atoms with Crippen LogP contribution in [0.1, 0.15) is 22.0 Å². The number of aryl methyl sites for hydroxylation is 1. The quantitative estimate of drug-likeness (QED) is 0.908. The monoisotopic (exact) mass is 275 g/mol. The minimum atomic E-state index is -0.858. The molecule has 2 aromatic rings. The topological polar surface area (TPSA) is 66.3 Å². The first-order chi connectivity index (χ1) is 9.16. The Morgan fingerprint density at radius 1 is 1.47 bits per heavy atom. The van der Waals surface area contributed by atoms with Crippen molar-refractivity contribution in [2.45, 2.75) is 19.4 Å². The van der Waals surface area contributed by atoms with Gasteiger partial charge in [0, 0.05) is 23.8 Å². The van der Waals surface area contributed by atoms with Crippen LogP contribution in [0.5, 0.6) is 0 Å². The number of carboxylic acid groups (broad SMARTS) is 1. The number of hydrogen-bond donors (Lipinski definition) is 1. The fraction of sp³-hybridized carbons (Fsp3) is 0.308. The molecule has 98 valence electrons. The first kappa shape index (κ1) is 12.1. The molecule has 1 unspecified atom stereocenters. The molecule has 0 bridgehead atoms. The number of thiophene rings is 1. The van der Waals surface area contributed by atoms with Crippen molar-refractivity contribution in [3.8, 4) is 0 Å². The lowest BCUT2D eigenvalue weighted by Gasteiger charge is -2.33. The molecule has 1 N–H and O–H groups in total. The third-order valence-corrected chi connectivity index (χ3v) is 4.22. The third kappa shape index (κ3) is 2.08. The Kier molecular flexibility index (Phi) is 2.94. The highest BCUT2D eigenvalue weighted by Gasteiger charge is 2.35. The van der Waals surface area contributed by atoms with E-state index in [4.69, 9.17) is 0 Å². The average molecular weight is 275 g/mol. The van der Waals surface area contributed by atoms with E-state index in [2.05, 4.69) is 9.97 Å². The lowest BCUT2D eigenvalue weighted by molar-refractivity contribution is -0.138. The summed E-state index contributed by atoms with van der Waals surface area (Å²) in [6.07, 6.45) is 4.27. The summed E-state index contributed by atoms with van der Waals surface area (Å²) in [6, 6.07) is 1.21. The Bertz CT molecular complexity index is 609. The van der Waals surface area contributed by atoms with E-state index in [9.17, 15) is 9.90 Å². The first-order valence-electron chi connectivity index (χ1n) is 6.01. The number of aliphatic carboxylic acids is 1. The fourth-order valence-corrected chi connectivity index (χ4v) is 3.24. The molecule has 0 spiro atoms. The van der Waals surface area contributed by atoms with E-state index in [0.29, 0.717) is 12.5 Å². The molecular formula is C13H13N3O2S. The summed E-state index contributed by atoms with van der Waals surface area (Å²) < 4.78 is 0. The third-order valence-electron chi connectivity index (χ3n) is 3.22. The summed E-state index contributed by atoms with van der Waals surface area (Å²) in [5.41, 5.74) is 1.83. The lowest BCUT2D eigenvalue weighted by Crippen LogP contribution is -2.40. The normalized spacial score (nSPS) is 18.2. The molecule has 3 heterocycles. The van der Waals surface area contributed by atoms with E-state index < -0.39 is 12.0 Å². The predicted molar refractivity (Wildman–Crippen MR) is 72.5 cm³/mol. The van der Waals surface area contributed by atoms with Crippen LogP contribution in [0.25, 0.3) is 0 Å². The maximum absolute atomic E-state index is 11.6. The molecule has 0 amide bonds. The van der Waals surface area contributed by atoms with E-state index in [-0.39, 0.29) is 0 Å². The fourth-order valence-electron chi connectivity index (χ4n) is 2.33. The maximum atomic E-state index is 11.6. The van der Waals surface area contributed by atoms with E-state index in [1.54, 1.807) is 28.6 Å². The minimum Gasteiger partial charge on any atom is -0.479 e. The Morgan fingerprint density at radius 2 is 2.21 bits per heavy atom. The van der Waals surface area contributed by atoms with Crippen LogP contribution in [-0.4, -0.2) is 27.6 Å². The van der Waals surface area contributed by atoms with Gasteiger partial charge in [0.1, 0.15) is 0 Å². The van der Waals surface area contributed by atoms with Gasteiger partial charge < -0.3 is 10.0 Å². The van der Waals surface area contributed by atoms with Gasteiger partial charge in [0.05, 0.1) is 0 Å². The van der Waals surface area contributed by atoms with Crippen molar-refractivity contribution < 1.29 is 9.90 Å². The number of nitrogens with zero attached hydrogens (tertiary/aromatic N) is 3. The largest absolute Gasteiger partial charge is 0.479 e. The van der Waals surface area contributed by atoms with Crippen LogP contribution >= 0.6 is 11.3 Å². The molecule has 0 saturated heterocycles. The van der Waals surface area contributed by atoms with Gasteiger partial charge in [-0.3, -0.25) is 0 Å². The summed E-state index contributed by atoms with van der Waals surface area (Å²) in [6.45, 7) is 2.54. The minimum absolute atomic E-state index is 0.481. The summed E-state index contributed by atoms with van der Waals surface area (Å²) in [5, 5.41) is 11.4. The summed E-state index contributed by atoms with van der Waals surface area (Å²) in [4.78, 5) is 23.0. The molecule has 0 saturated carbocycles. The summed E-state index contributed by atoms with van der Waals surface area (Å²) in [5.74, 6) is -0.377. The Labute approximate surface area is 114 Å². The molecule has 2 aromatic heterocycles. The molecule has 1 aliphatic heterocycles. The molecule has 0 aromatic carbocycles. The molecule has 1 aliphatic rings. The number of fused-ring (bicyclic) bond motifs is 1. The van der Waals surface area contributed by atoms with Crippen molar-refractivity contribution in [1.29, 1.82) is 0 Å². The van der Waals surface area contributed by atoms with Crippen LogP contribution < -0.4 is 4.90 Å². The highest BCUT2D eigenvalue weighted by atomic mass is 32.1. The lowest BCUT2D eigenvalue weighted by atomic mass is 10.0. The molecule has 5 nitrogen and oxygen atoms in total. The zero-order valence-corrected chi connectivity index (χ0v) is 11.2. The van der Waals surface area contributed by atoms with Crippen LogP contribution in [-0.2, 0) is 11.2 Å².